The molecule has 3 aromatic rings. The maximum atomic E-state index is 12.1. The van der Waals surface area contributed by atoms with E-state index < -0.39 is 0 Å². The van der Waals surface area contributed by atoms with Gasteiger partial charge in [-0.3, -0.25) is 4.79 Å². The standard InChI is InChI=1S/C19H21N3O/c1-4-12(2)19(23)22-17-11-14(10-9-13(17)3)18-20-15-7-5-6-8-16(15)21-18/h5-12H,4H2,1-3H3,(H,20,21)(H,22,23). The third kappa shape index (κ3) is 3.11. The van der Waals surface area contributed by atoms with E-state index in [1.54, 1.807) is 0 Å². The molecule has 3 rings (SSSR count). The van der Waals surface area contributed by atoms with Gasteiger partial charge in [0.2, 0.25) is 5.91 Å². The minimum atomic E-state index is 0.00394. The van der Waals surface area contributed by atoms with E-state index in [-0.39, 0.29) is 11.8 Å². The zero-order valence-corrected chi connectivity index (χ0v) is 13.7. The predicted molar refractivity (Wildman–Crippen MR) is 94.4 cm³/mol. The Kier molecular flexibility index (Phi) is 4.15. The van der Waals surface area contributed by atoms with Crippen molar-refractivity contribution in [2.75, 3.05) is 5.32 Å². The molecule has 0 aliphatic rings. The SMILES string of the molecule is CCC(C)C(=O)Nc1cc(-c2nc3ccccc3[nH]2)ccc1C. The fourth-order valence-corrected chi connectivity index (χ4v) is 2.43. The van der Waals surface area contributed by atoms with E-state index in [2.05, 4.69) is 15.3 Å². The monoisotopic (exact) mass is 307 g/mol. The smallest absolute Gasteiger partial charge is 0.227 e. The van der Waals surface area contributed by atoms with Gasteiger partial charge >= 0.3 is 0 Å². The minimum absolute atomic E-state index is 0.00394. The van der Waals surface area contributed by atoms with Crippen molar-refractivity contribution in [1.29, 1.82) is 0 Å². The van der Waals surface area contributed by atoms with Gasteiger partial charge in [-0.15, -0.1) is 0 Å². The zero-order valence-electron chi connectivity index (χ0n) is 13.7. The molecule has 1 amide bonds. The molecule has 0 saturated carbocycles. The molecule has 1 unspecified atom stereocenters. The number of benzene rings is 2. The topological polar surface area (TPSA) is 57.8 Å². The Labute approximate surface area is 136 Å². The fraction of sp³-hybridized carbons (Fsp3) is 0.263. The summed E-state index contributed by atoms with van der Waals surface area (Å²) in [6.45, 7) is 5.95. The van der Waals surface area contributed by atoms with Crippen molar-refractivity contribution in [3.8, 4) is 11.4 Å². The number of aromatic amines is 1. The van der Waals surface area contributed by atoms with Crippen molar-refractivity contribution < 1.29 is 4.79 Å². The Bertz CT molecular complexity index is 818. The molecule has 0 radical (unpaired) electrons. The minimum Gasteiger partial charge on any atom is -0.338 e. The summed E-state index contributed by atoms with van der Waals surface area (Å²) in [4.78, 5) is 20.1. The molecule has 118 valence electrons. The highest BCUT2D eigenvalue weighted by Gasteiger charge is 2.13. The number of para-hydroxylation sites is 2. The Balaban J connectivity index is 1.95. The number of hydrogen-bond donors (Lipinski definition) is 2. The summed E-state index contributed by atoms with van der Waals surface area (Å²) in [6.07, 6.45) is 0.828. The number of aryl methyl sites for hydroxylation is 1. The van der Waals surface area contributed by atoms with Gasteiger partial charge in [0.25, 0.3) is 0 Å². The van der Waals surface area contributed by atoms with E-state index in [0.717, 1.165) is 40.1 Å². The Morgan fingerprint density at radius 1 is 1.26 bits per heavy atom. The van der Waals surface area contributed by atoms with Crippen molar-refractivity contribution in [2.24, 2.45) is 5.92 Å². The van der Waals surface area contributed by atoms with Crippen LogP contribution in [0.4, 0.5) is 5.69 Å². The molecule has 0 aliphatic carbocycles. The molecule has 2 N–H and O–H groups in total. The van der Waals surface area contributed by atoms with Gasteiger partial charge in [-0.1, -0.05) is 38.1 Å². The van der Waals surface area contributed by atoms with Gasteiger partial charge < -0.3 is 10.3 Å². The summed E-state index contributed by atoms with van der Waals surface area (Å²) >= 11 is 0. The summed E-state index contributed by atoms with van der Waals surface area (Å²) in [5.41, 5.74) is 4.79. The Hall–Kier alpha value is -2.62. The van der Waals surface area contributed by atoms with Crippen molar-refractivity contribution >= 4 is 22.6 Å². The number of fused-ring (bicyclic) bond motifs is 1. The van der Waals surface area contributed by atoms with E-state index in [0.29, 0.717) is 0 Å². The van der Waals surface area contributed by atoms with Crippen LogP contribution in [0.3, 0.4) is 0 Å². The van der Waals surface area contributed by atoms with Crippen LogP contribution >= 0.6 is 0 Å². The highest BCUT2D eigenvalue weighted by molar-refractivity contribution is 5.93. The van der Waals surface area contributed by atoms with Crippen LogP contribution in [0.25, 0.3) is 22.4 Å². The Morgan fingerprint density at radius 2 is 2.04 bits per heavy atom. The number of carbonyl (C=O) groups is 1. The number of nitrogens with one attached hydrogen (secondary N) is 2. The lowest BCUT2D eigenvalue weighted by atomic mass is 10.1. The molecular formula is C19H21N3O. The van der Waals surface area contributed by atoms with Crippen LogP contribution in [-0.4, -0.2) is 15.9 Å². The maximum absolute atomic E-state index is 12.1. The molecule has 1 atom stereocenters. The lowest BCUT2D eigenvalue weighted by molar-refractivity contribution is -0.119. The summed E-state index contributed by atoms with van der Waals surface area (Å²) in [6, 6.07) is 14.0. The van der Waals surface area contributed by atoms with E-state index in [4.69, 9.17) is 0 Å². The van der Waals surface area contributed by atoms with Crippen LogP contribution in [0.5, 0.6) is 0 Å². The van der Waals surface area contributed by atoms with Gasteiger partial charge in [-0.2, -0.15) is 0 Å². The van der Waals surface area contributed by atoms with Crippen LogP contribution < -0.4 is 5.32 Å². The molecule has 4 heteroatoms. The number of imidazole rings is 1. The van der Waals surface area contributed by atoms with E-state index >= 15 is 0 Å². The number of nitrogens with zero attached hydrogens (tertiary/aromatic N) is 1. The van der Waals surface area contributed by atoms with Crippen molar-refractivity contribution in [2.45, 2.75) is 27.2 Å². The molecule has 2 aromatic carbocycles. The molecule has 0 spiro atoms. The first kappa shape index (κ1) is 15.3. The molecule has 4 nitrogen and oxygen atoms in total. The third-order valence-corrected chi connectivity index (χ3v) is 4.22. The number of anilines is 1. The second kappa shape index (κ2) is 6.24. The number of rotatable bonds is 4. The van der Waals surface area contributed by atoms with E-state index in [9.17, 15) is 4.79 Å². The second-order valence-corrected chi connectivity index (χ2v) is 5.93. The molecule has 0 saturated heterocycles. The number of amides is 1. The fourth-order valence-electron chi connectivity index (χ4n) is 2.43. The van der Waals surface area contributed by atoms with E-state index in [1.165, 1.54) is 0 Å². The van der Waals surface area contributed by atoms with Crippen molar-refractivity contribution in [1.82, 2.24) is 9.97 Å². The summed E-state index contributed by atoms with van der Waals surface area (Å²) in [7, 11) is 0. The quantitative estimate of drug-likeness (QED) is 0.744. The van der Waals surface area contributed by atoms with Crippen molar-refractivity contribution in [3.05, 3.63) is 48.0 Å². The summed E-state index contributed by atoms with van der Waals surface area (Å²) < 4.78 is 0. The molecule has 0 fully saturated rings. The highest BCUT2D eigenvalue weighted by atomic mass is 16.1. The van der Waals surface area contributed by atoms with Gasteiger partial charge in [-0.25, -0.2) is 4.98 Å². The second-order valence-electron chi connectivity index (χ2n) is 5.93. The van der Waals surface area contributed by atoms with Gasteiger partial charge in [0.15, 0.2) is 0 Å². The highest BCUT2D eigenvalue weighted by Crippen LogP contribution is 2.26. The molecule has 1 aromatic heterocycles. The van der Waals surface area contributed by atoms with Crippen LogP contribution in [-0.2, 0) is 4.79 Å². The average molecular weight is 307 g/mol. The predicted octanol–water partition coefficient (Wildman–Crippen LogP) is 4.52. The lowest BCUT2D eigenvalue weighted by Crippen LogP contribution is -2.20. The largest absolute Gasteiger partial charge is 0.338 e. The number of H-pyrrole nitrogens is 1. The summed E-state index contributed by atoms with van der Waals surface area (Å²) in [5, 5.41) is 3.02. The summed E-state index contributed by atoms with van der Waals surface area (Å²) in [5.74, 6) is 0.867. The molecule has 23 heavy (non-hydrogen) atoms. The zero-order chi connectivity index (χ0) is 16.4. The molecule has 1 heterocycles. The van der Waals surface area contributed by atoms with Crippen molar-refractivity contribution in [3.63, 3.8) is 0 Å². The number of hydrogen-bond acceptors (Lipinski definition) is 2. The van der Waals surface area contributed by atoms with E-state index in [1.807, 2.05) is 63.2 Å². The van der Waals surface area contributed by atoms with Crippen LogP contribution in [0.2, 0.25) is 0 Å². The lowest BCUT2D eigenvalue weighted by Gasteiger charge is -2.13. The average Bonchev–Trinajstić information content (AvgIpc) is 3.00. The van der Waals surface area contributed by atoms with Crippen LogP contribution in [0.15, 0.2) is 42.5 Å². The van der Waals surface area contributed by atoms with Gasteiger partial charge in [0.05, 0.1) is 11.0 Å². The molecular weight excluding hydrogens is 286 g/mol. The van der Waals surface area contributed by atoms with Gasteiger partial charge in [-0.05, 0) is 37.1 Å². The third-order valence-electron chi connectivity index (χ3n) is 4.22. The van der Waals surface area contributed by atoms with Gasteiger partial charge in [0.1, 0.15) is 5.82 Å². The first-order valence-electron chi connectivity index (χ1n) is 7.95. The first-order chi connectivity index (χ1) is 11.1. The normalized spacial score (nSPS) is 12.3. The number of aromatic nitrogens is 2. The van der Waals surface area contributed by atoms with Crippen LogP contribution in [0, 0.1) is 12.8 Å². The van der Waals surface area contributed by atoms with Gasteiger partial charge in [0, 0.05) is 17.2 Å². The Morgan fingerprint density at radius 3 is 2.78 bits per heavy atom. The van der Waals surface area contributed by atoms with Crippen LogP contribution in [0.1, 0.15) is 25.8 Å². The maximum Gasteiger partial charge on any atom is 0.227 e. The first-order valence-corrected chi connectivity index (χ1v) is 7.95. The molecule has 0 aliphatic heterocycles. The number of carbonyl (C=O) groups excluding carboxylic acids is 1. The molecule has 0 bridgehead atoms.